The number of hydrogen-bond acceptors (Lipinski definition) is 3. The van der Waals surface area contributed by atoms with E-state index in [-0.39, 0.29) is 38.6 Å². The molecule has 0 saturated carbocycles. The van der Waals surface area contributed by atoms with Crippen LogP contribution in [0.2, 0.25) is 0 Å². The summed E-state index contributed by atoms with van der Waals surface area (Å²) in [7, 11) is 3.67. The molecule has 0 unspecified atom stereocenters. The van der Waals surface area contributed by atoms with E-state index in [1.54, 1.807) is 4.90 Å². The molecule has 0 aliphatic rings. The molecule has 0 aromatic rings. The molecular weight excluding hydrogens is 345 g/mol. The largest absolute Gasteiger partial charge is 0.665 e. The quantitative estimate of drug-likeness (QED) is 0.464. The maximum Gasteiger partial charge on any atom is 0.222 e. The van der Waals surface area contributed by atoms with Crippen molar-refractivity contribution in [3.63, 3.8) is 0 Å². The van der Waals surface area contributed by atoms with Crippen LogP contribution in [0.25, 0.3) is 5.32 Å². The predicted octanol–water partition coefficient (Wildman–Crippen LogP) is 2.31. The van der Waals surface area contributed by atoms with Gasteiger partial charge >= 0.3 is 0 Å². The number of nitrogens with zero attached hydrogens (tertiary/aromatic N) is 2. The minimum atomic E-state index is 0. The maximum atomic E-state index is 11.7. The fourth-order valence-electron chi connectivity index (χ4n) is 1.68. The van der Waals surface area contributed by atoms with E-state index < -0.39 is 0 Å². The van der Waals surface area contributed by atoms with Gasteiger partial charge in [-0.2, -0.15) is 7.05 Å². The van der Waals surface area contributed by atoms with E-state index in [4.69, 9.17) is 9.47 Å². The van der Waals surface area contributed by atoms with E-state index >= 15 is 0 Å². The molecule has 0 aromatic heterocycles. The Hall–Kier alpha value is 0.454. The summed E-state index contributed by atoms with van der Waals surface area (Å²) in [5.74, 6) is 0.628. The molecular formula is C15H31N2O3Y-. The predicted molar refractivity (Wildman–Crippen MR) is 82.1 cm³/mol. The smallest absolute Gasteiger partial charge is 0.222 e. The number of rotatable bonds is 13. The van der Waals surface area contributed by atoms with Gasteiger partial charge in [-0.15, -0.1) is 6.54 Å². The molecule has 0 atom stereocenters. The fraction of sp³-hybridized carbons (Fsp3) is 0.933. The third kappa shape index (κ3) is 16.6. The van der Waals surface area contributed by atoms with Gasteiger partial charge < -0.3 is 19.7 Å². The molecule has 0 bridgehead atoms. The fourth-order valence-corrected chi connectivity index (χ4v) is 1.68. The molecule has 6 heteroatoms. The van der Waals surface area contributed by atoms with Crippen molar-refractivity contribution >= 4 is 5.91 Å². The zero-order valence-corrected chi connectivity index (χ0v) is 17.0. The van der Waals surface area contributed by atoms with E-state index in [1.165, 1.54) is 0 Å². The van der Waals surface area contributed by atoms with E-state index in [0.29, 0.717) is 32.2 Å². The summed E-state index contributed by atoms with van der Waals surface area (Å²) in [4.78, 5) is 13.5. The van der Waals surface area contributed by atoms with Gasteiger partial charge in [0.1, 0.15) is 0 Å². The summed E-state index contributed by atoms with van der Waals surface area (Å²) in [6, 6.07) is 0. The van der Waals surface area contributed by atoms with E-state index in [0.717, 1.165) is 32.5 Å². The molecule has 0 aliphatic heterocycles. The van der Waals surface area contributed by atoms with Crippen molar-refractivity contribution in [3.05, 3.63) is 5.32 Å². The molecule has 0 fully saturated rings. The molecule has 123 valence electrons. The number of carbonyl (C=O) groups is 1. The first-order valence-electron chi connectivity index (χ1n) is 7.53. The molecule has 0 aromatic carbocycles. The van der Waals surface area contributed by atoms with Gasteiger partial charge in [0.25, 0.3) is 0 Å². The minimum Gasteiger partial charge on any atom is -0.665 e. The molecule has 0 N–H and O–H groups in total. The second kappa shape index (κ2) is 16.8. The molecule has 1 radical (unpaired) electrons. The molecule has 0 heterocycles. The zero-order valence-electron chi connectivity index (χ0n) is 14.1. The Morgan fingerprint density at radius 1 is 1.10 bits per heavy atom. The summed E-state index contributed by atoms with van der Waals surface area (Å²) in [5.41, 5.74) is 0. The van der Waals surface area contributed by atoms with Crippen LogP contribution in [0.1, 0.15) is 33.1 Å². The topological polar surface area (TPSA) is 52.9 Å². The van der Waals surface area contributed by atoms with E-state index in [9.17, 15) is 4.79 Å². The molecule has 0 spiro atoms. The van der Waals surface area contributed by atoms with Crippen LogP contribution in [0.15, 0.2) is 0 Å². The van der Waals surface area contributed by atoms with Crippen molar-refractivity contribution in [1.29, 1.82) is 0 Å². The van der Waals surface area contributed by atoms with Gasteiger partial charge in [-0.05, 0) is 18.8 Å². The third-order valence-electron chi connectivity index (χ3n) is 2.83. The van der Waals surface area contributed by atoms with Gasteiger partial charge in [0.05, 0.1) is 13.2 Å². The molecule has 0 saturated heterocycles. The van der Waals surface area contributed by atoms with Crippen LogP contribution in [0, 0.1) is 5.92 Å². The Kier molecular flexibility index (Phi) is 19.0. The molecule has 21 heavy (non-hydrogen) atoms. The van der Waals surface area contributed by atoms with Crippen molar-refractivity contribution < 1.29 is 47.0 Å². The van der Waals surface area contributed by atoms with Gasteiger partial charge in [0.2, 0.25) is 5.91 Å². The van der Waals surface area contributed by atoms with Crippen LogP contribution in [-0.2, 0) is 47.0 Å². The first-order valence-corrected chi connectivity index (χ1v) is 7.53. The van der Waals surface area contributed by atoms with E-state index in [2.05, 4.69) is 19.2 Å². The molecule has 5 nitrogen and oxygen atoms in total. The first kappa shape index (κ1) is 23.7. The van der Waals surface area contributed by atoms with Gasteiger partial charge in [-0.25, -0.2) is 0 Å². The van der Waals surface area contributed by atoms with Crippen LogP contribution in [0.4, 0.5) is 0 Å². The molecule has 1 amide bonds. The van der Waals surface area contributed by atoms with Gasteiger partial charge in [0, 0.05) is 65.9 Å². The standard InChI is InChI=1S/C15H31N2O3.Y/c1-14(2)13-15(18)17(4)8-6-10-20-12-11-19-9-5-7-16-3;/h14H,5-13H2,1-4H3;/q-1;. The van der Waals surface area contributed by atoms with Crippen LogP contribution in [0.3, 0.4) is 0 Å². The minimum absolute atomic E-state index is 0. The van der Waals surface area contributed by atoms with Crippen LogP contribution < -0.4 is 0 Å². The SMILES string of the molecule is C[N-]CCCOCCOCCCN(C)C(=O)CC(C)C.[Y]. The molecule has 0 rings (SSSR count). The van der Waals surface area contributed by atoms with Gasteiger partial charge in [-0.1, -0.05) is 13.8 Å². The average Bonchev–Trinajstić information content (AvgIpc) is 2.39. The summed E-state index contributed by atoms with van der Waals surface area (Å²) >= 11 is 0. The van der Waals surface area contributed by atoms with Crippen LogP contribution >= 0.6 is 0 Å². The average molecular weight is 376 g/mol. The first-order chi connectivity index (χ1) is 9.57. The Bertz CT molecular complexity index is 241. The van der Waals surface area contributed by atoms with Gasteiger partial charge in [-0.3, -0.25) is 4.79 Å². The summed E-state index contributed by atoms with van der Waals surface area (Å²) in [5, 5.41) is 4.00. The summed E-state index contributed by atoms with van der Waals surface area (Å²) in [6.07, 6.45) is 2.46. The summed E-state index contributed by atoms with van der Waals surface area (Å²) in [6.45, 7) is 8.40. The maximum absolute atomic E-state index is 11.7. The Labute approximate surface area is 155 Å². The van der Waals surface area contributed by atoms with Crippen LogP contribution in [0.5, 0.6) is 0 Å². The normalized spacial score (nSPS) is 10.5. The van der Waals surface area contributed by atoms with Crippen molar-refractivity contribution in [2.24, 2.45) is 5.92 Å². The Morgan fingerprint density at radius 3 is 2.19 bits per heavy atom. The Morgan fingerprint density at radius 2 is 1.67 bits per heavy atom. The number of hydrogen-bond donors (Lipinski definition) is 0. The number of ether oxygens (including phenoxy) is 2. The van der Waals surface area contributed by atoms with E-state index in [1.807, 2.05) is 14.1 Å². The monoisotopic (exact) mass is 376 g/mol. The second-order valence-corrected chi connectivity index (χ2v) is 5.38. The second-order valence-electron chi connectivity index (χ2n) is 5.38. The Balaban J connectivity index is 0. The molecule has 0 aliphatic carbocycles. The van der Waals surface area contributed by atoms with Crippen molar-refractivity contribution in [3.8, 4) is 0 Å². The van der Waals surface area contributed by atoms with Crippen molar-refractivity contribution in [1.82, 2.24) is 4.90 Å². The zero-order chi connectivity index (χ0) is 15.2. The number of carbonyl (C=O) groups excluding carboxylic acids is 1. The summed E-state index contributed by atoms with van der Waals surface area (Å²) < 4.78 is 10.9. The van der Waals surface area contributed by atoms with Crippen molar-refractivity contribution in [2.45, 2.75) is 33.1 Å². The van der Waals surface area contributed by atoms with Crippen LogP contribution in [-0.4, -0.2) is 64.4 Å². The van der Waals surface area contributed by atoms with Crippen molar-refractivity contribution in [2.75, 3.05) is 53.6 Å². The van der Waals surface area contributed by atoms with Gasteiger partial charge in [0.15, 0.2) is 0 Å². The third-order valence-corrected chi connectivity index (χ3v) is 2.83. The number of amides is 1.